The quantitative estimate of drug-likeness (QED) is 0.616. The van der Waals surface area contributed by atoms with Crippen LogP contribution in [0.15, 0.2) is 22.8 Å². The van der Waals surface area contributed by atoms with Crippen LogP contribution in [0.5, 0.6) is 0 Å². The largest absolute Gasteiger partial charge is 0.396 e. The molecule has 0 aromatic heterocycles. The van der Waals surface area contributed by atoms with Gasteiger partial charge in [0.05, 0.1) is 5.57 Å². The van der Waals surface area contributed by atoms with Gasteiger partial charge in [0.2, 0.25) is 0 Å². The van der Waals surface area contributed by atoms with Gasteiger partial charge in [-0.2, -0.15) is 0 Å². The van der Waals surface area contributed by atoms with Crippen LogP contribution in [-0.2, 0) is 4.79 Å². The Morgan fingerprint density at radius 3 is 2.15 bits per heavy atom. The van der Waals surface area contributed by atoms with E-state index in [4.69, 9.17) is 5.11 Å². The van der Waals surface area contributed by atoms with Crippen molar-refractivity contribution in [2.45, 2.75) is 54.4 Å². The predicted octanol–water partition coefficient (Wildman–Crippen LogP) is 3.66. The summed E-state index contributed by atoms with van der Waals surface area (Å²) in [5.41, 5.74) is 2.25. The molecule has 0 unspecified atom stereocenters. The van der Waals surface area contributed by atoms with Gasteiger partial charge in [-0.1, -0.05) is 53.4 Å². The van der Waals surface area contributed by atoms with Gasteiger partial charge >= 0.3 is 0 Å². The first-order valence-electron chi connectivity index (χ1n) is 7.20. The molecule has 0 aliphatic heterocycles. The zero-order valence-corrected chi connectivity index (χ0v) is 13.6. The van der Waals surface area contributed by atoms with Crippen LogP contribution in [0.3, 0.4) is 0 Å². The lowest BCUT2D eigenvalue weighted by molar-refractivity contribution is -0.112. The van der Waals surface area contributed by atoms with Crippen molar-refractivity contribution >= 4 is 5.78 Å². The number of hydrogen-bond donors (Lipinski definition) is 1. The molecular weight excluding hydrogens is 248 g/mol. The summed E-state index contributed by atoms with van der Waals surface area (Å²) in [7, 11) is 0. The van der Waals surface area contributed by atoms with Gasteiger partial charge in [0.15, 0.2) is 5.78 Å². The fraction of sp³-hybridized carbons (Fsp3) is 0.611. The second kappa shape index (κ2) is 5.97. The third kappa shape index (κ3) is 3.84. The lowest BCUT2D eigenvalue weighted by Gasteiger charge is -2.20. The SMILES string of the molecule is CC(C)(C)C1=CC(C(C)(C)C)=C(C#CCCCO)C1=O. The van der Waals surface area contributed by atoms with Crippen molar-refractivity contribution in [2.24, 2.45) is 10.8 Å². The van der Waals surface area contributed by atoms with E-state index in [1.165, 1.54) is 0 Å². The lowest BCUT2D eigenvalue weighted by Crippen LogP contribution is -2.16. The van der Waals surface area contributed by atoms with Crippen LogP contribution < -0.4 is 0 Å². The number of allylic oxidation sites excluding steroid dienone is 4. The number of aliphatic hydroxyl groups is 1. The number of carbonyl (C=O) groups is 1. The van der Waals surface area contributed by atoms with E-state index in [2.05, 4.69) is 53.4 Å². The number of carbonyl (C=O) groups excluding carboxylic acids is 1. The molecule has 1 rings (SSSR count). The molecule has 0 fully saturated rings. The van der Waals surface area contributed by atoms with Crippen LogP contribution in [0.2, 0.25) is 0 Å². The lowest BCUT2D eigenvalue weighted by atomic mass is 9.83. The zero-order chi connectivity index (χ0) is 15.6. The average Bonchev–Trinajstić information content (AvgIpc) is 2.61. The number of aliphatic hydroxyl groups excluding tert-OH is 1. The van der Waals surface area contributed by atoms with Crippen molar-refractivity contribution in [1.29, 1.82) is 0 Å². The Morgan fingerprint density at radius 2 is 1.70 bits per heavy atom. The Labute approximate surface area is 123 Å². The summed E-state index contributed by atoms with van der Waals surface area (Å²) in [6.07, 6.45) is 3.30. The molecule has 110 valence electrons. The van der Waals surface area contributed by atoms with Crippen molar-refractivity contribution in [3.05, 3.63) is 22.8 Å². The van der Waals surface area contributed by atoms with E-state index in [1.807, 2.05) is 6.08 Å². The molecule has 1 aliphatic rings. The molecule has 2 heteroatoms. The first kappa shape index (κ1) is 16.7. The Hall–Kier alpha value is -1.33. The standard InChI is InChI=1S/C18H26O2/c1-17(2,3)14-12-15(18(4,5)6)16(20)13(14)10-8-7-9-11-19/h12,19H,7,9,11H2,1-6H3. The monoisotopic (exact) mass is 274 g/mol. The Balaban J connectivity index is 3.18. The van der Waals surface area contributed by atoms with Crippen LogP contribution in [0.25, 0.3) is 0 Å². The molecule has 20 heavy (non-hydrogen) atoms. The topological polar surface area (TPSA) is 37.3 Å². The fourth-order valence-corrected chi connectivity index (χ4v) is 2.13. The number of hydrogen-bond acceptors (Lipinski definition) is 2. The van der Waals surface area contributed by atoms with E-state index in [0.29, 0.717) is 18.4 Å². The number of ketones is 1. The van der Waals surface area contributed by atoms with Gasteiger partial charge in [-0.15, -0.1) is 0 Å². The molecule has 0 bridgehead atoms. The highest BCUT2D eigenvalue weighted by molar-refractivity contribution is 6.16. The van der Waals surface area contributed by atoms with E-state index < -0.39 is 0 Å². The summed E-state index contributed by atoms with van der Waals surface area (Å²) < 4.78 is 0. The van der Waals surface area contributed by atoms with Gasteiger partial charge in [-0.05, 0) is 28.9 Å². The third-order valence-electron chi connectivity index (χ3n) is 3.32. The van der Waals surface area contributed by atoms with Crippen molar-refractivity contribution < 1.29 is 9.90 Å². The molecule has 0 aromatic carbocycles. The van der Waals surface area contributed by atoms with E-state index in [0.717, 1.165) is 11.1 Å². The predicted molar refractivity (Wildman–Crippen MR) is 83.1 cm³/mol. The molecule has 1 N–H and O–H groups in total. The summed E-state index contributed by atoms with van der Waals surface area (Å²) in [5.74, 6) is 6.12. The molecule has 0 saturated carbocycles. The summed E-state index contributed by atoms with van der Waals surface area (Å²) in [4.78, 5) is 12.6. The maximum absolute atomic E-state index is 12.6. The molecule has 0 spiro atoms. The van der Waals surface area contributed by atoms with Crippen molar-refractivity contribution in [2.75, 3.05) is 6.61 Å². The van der Waals surface area contributed by atoms with Crippen LogP contribution in [0.1, 0.15) is 54.4 Å². The average molecular weight is 274 g/mol. The maximum atomic E-state index is 12.6. The van der Waals surface area contributed by atoms with Crippen molar-refractivity contribution in [1.82, 2.24) is 0 Å². The van der Waals surface area contributed by atoms with Crippen LogP contribution in [0.4, 0.5) is 0 Å². The molecule has 0 radical (unpaired) electrons. The first-order valence-corrected chi connectivity index (χ1v) is 7.20. The molecule has 0 amide bonds. The normalized spacial score (nSPS) is 16.1. The highest BCUT2D eigenvalue weighted by Gasteiger charge is 2.35. The smallest absolute Gasteiger partial charge is 0.198 e. The maximum Gasteiger partial charge on any atom is 0.198 e. The van der Waals surface area contributed by atoms with Crippen LogP contribution in [0, 0.1) is 22.7 Å². The van der Waals surface area contributed by atoms with Gasteiger partial charge < -0.3 is 5.11 Å². The molecular formula is C18H26O2. The van der Waals surface area contributed by atoms with Gasteiger partial charge in [-0.25, -0.2) is 0 Å². The number of rotatable bonds is 2. The number of Topliss-reactive ketones (excluding diaryl/α,β-unsaturated/α-hetero) is 1. The summed E-state index contributed by atoms with van der Waals surface area (Å²) in [6, 6.07) is 0. The van der Waals surface area contributed by atoms with E-state index in [-0.39, 0.29) is 23.2 Å². The molecule has 0 saturated heterocycles. The van der Waals surface area contributed by atoms with E-state index >= 15 is 0 Å². The highest BCUT2D eigenvalue weighted by atomic mass is 16.2. The Morgan fingerprint density at radius 1 is 1.10 bits per heavy atom. The van der Waals surface area contributed by atoms with Crippen molar-refractivity contribution in [3.63, 3.8) is 0 Å². The van der Waals surface area contributed by atoms with Gasteiger partial charge in [0.1, 0.15) is 0 Å². The van der Waals surface area contributed by atoms with Gasteiger partial charge in [0.25, 0.3) is 0 Å². The minimum Gasteiger partial charge on any atom is -0.396 e. The molecule has 1 aliphatic carbocycles. The van der Waals surface area contributed by atoms with Gasteiger partial charge in [0, 0.05) is 18.6 Å². The third-order valence-corrected chi connectivity index (χ3v) is 3.32. The minimum absolute atomic E-state index is 0.0684. The molecule has 2 nitrogen and oxygen atoms in total. The van der Waals surface area contributed by atoms with E-state index in [9.17, 15) is 4.79 Å². The van der Waals surface area contributed by atoms with Crippen molar-refractivity contribution in [3.8, 4) is 11.8 Å². The van der Waals surface area contributed by atoms with Gasteiger partial charge in [-0.3, -0.25) is 4.79 Å². The van der Waals surface area contributed by atoms with Crippen LogP contribution in [-0.4, -0.2) is 17.5 Å². The second-order valence-corrected chi connectivity index (χ2v) is 7.30. The summed E-state index contributed by atoms with van der Waals surface area (Å²) in [5, 5.41) is 8.78. The summed E-state index contributed by atoms with van der Waals surface area (Å²) in [6.45, 7) is 12.6. The molecule has 0 aromatic rings. The van der Waals surface area contributed by atoms with E-state index in [1.54, 1.807) is 0 Å². The number of unbranched alkanes of at least 4 members (excludes halogenated alkanes) is 1. The molecule has 0 heterocycles. The zero-order valence-electron chi connectivity index (χ0n) is 13.6. The highest BCUT2D eigenvalue weighted by Crippen LogP contribution is 2.41. The molecule has 0 atom stereocenters. The summed E-state index contributed by atoms with van der Waals surface area (Å²) >= 11 is 0. The first-order chi connectivity index (χ1) is 9.09. The minimum atomic E-state index is -0.165. The second-order valence-electron chi connectivity index (χ2n) is 7.30. The Bertz CT molecular complexity index is 508. The Kier molecular flexibility index (Phi) is 5.00. The van der Waals surface area contributed by atoms with Crippen LogP contribution >= 0.6 is 0 Å². The fourth-order valence-electron chi connectivity index (χ4n) is 2.13.